The topological polar surface area (TPSA) is 70.7 Å². The fourth-order valence-electron chi connectivity index (χ4n) is 2.16. The SMILES string of the molecule is Cc1[nH]ncc1CNC(=O)c1cnc(Cl)c2ccccc12. The summed E-state index contributed by atoms with van der Waals surface area (Å²) in [7, 11) is 0. The first-order valence-electron chi connectivity index (χ1n) is 6.47. The van der Waals surface area contributed by atoms with Crippen LogP contribution in [-0.2, 0) is 6.54 Å². The number of halogens is 1. The molecule has 2 N–H and O–H groups in total. The van der Waals surface area contributed by atoms with Gasteiger partial charge in [0.15, 0.2) is 0 Å². The predicted molar refractivity (Wildman–Crippen MR) is 81.2 cm³/mol. The number of fused-ring (bicyclic) bond motifs is 1. The van der Waals surface area contributed by atoms with E-state index in [1.54, 1.807) is 6.20 Å². The molecule has 0 fully saturated rings. The zero-order valence-electron chi connectivity index (χ0n) is 11.4. The van der Waals surface area contributed by atoms with Gasteiger partial charge in [0.25, 0.3) is 5.91 Å². The zero-order valence-corrected chi connectivity index (χ0v) is 12.1. The number of aromatic amines is 1. The van der Waals surface area contributed by atoms with Crippen molar-refractivity contribution in [3.05, 3.63) is 58.6 Å². The van der Waals surface area contributed by atoms with Gasteiger partial charge in [-0.15, -0.1) is 0 Å². The number of pyridine rings is 1. The fourth-order valence-corrected chi connectivity index (χ4v) is 2.38. The molecule has 0 bridgehead atoms. The van der Waals surface area contributed by atoms with Gasteiger partial charge >= 0.3 is 0 Å². The van der Waals surface area contributed by atoms with E-state index in [1.807, 2.05) is 31.2 Å². The molecule has 6 heteroatoms. The Bertz CT molecular complexity index is 812. The van der Waals surface area contributed by atoms with Crippen molar-refractivity contribution in [1.82, 2.24) is 20.5 Å². The van der Waals surface area contributed by atoms with Gasteiger partial charge in [-0.3, -0.25) is 9.89 Å². The van der Waals surface area contributed by atoms with Gasteiger partial charge in [-0.25, -0.2) is 4.98 Å². The summed E-state index contributed by atoms with van der Waals surface area (Å²) >= 11 is 6.06. The molecule has 0 saturated carbocycles. The zero-order chi connectivity index (χ0) is 14.8. The third-order valence-electron chi connectivity index (χ3n) is 3.36. The van der Waals surface area contributed by atoms with E-state index in [1.165, 1.54) is 6.20 Å². The van der Waals surface area contributed by atoms with E-state index in [4.69, 9.17) is 11.6 Å². The minimum absolute atomic E-state index is 0.184. The second-order valence-corrected chi connectivity index (χ2v) is 5.07. The highest BCUT2D eigenvalue weighted by molar-refractivity contribution is 6.34. The number of H-pyrrole nitrogens is 1. The predicted octanol–water partition coefficient (Wildman–Crippen LogP) is 2.85. The maximum absolute atomic E-state index is 12.4. The Hall–Kier alpha value is -2.40. The molecular formula is C15H13ClN4O. The quantitative estimate of drug-likeness (QED) is 0.731. The number of hydrogen-bond acceptors (Lipinski definition) is 3. The summed E-state index contributed by atoms with van der Waals surface area (Å²) in [4.78, 5) is 16.4. The van der Waals surface area contributed by atoms with Crippen LogP contribution in [0, 0.1) is 6.92 Å². The first-order chi connectivity index (χ1) is 10.2. The number of carbonyl (C=O) groups excluding carboxylic acids is 1. The molecule has 0 aliphatic heterocycles. The van der Waals surface area contributed by atoms with Crippen molar-refractivity contribution >= 4 is 28.3 Å². The van der Waals surface area contributed by atoms with Crippen molar-refractivity contribution in [3.8, 4) is 0 Å². The Morgan fingerprint density at radius 3 is 2.76 bits per heavy atom. The van der Waals surface area contributed by atoms with Crippen LogP contribution in [0.5, 0.6) is 0 Å². The lowest BCUT2D eigenvalue weighted by molar-refractivity contribution is 0.0952. The molecule has 0 atom stereocenters. The van der Waals surface area contributed by atoms with Crippen molar-refractivity contribution in [2.24, 2.45) is 0 Å². The van der Waals surface area contributed by atoms with Crippen LogP contribution >= 0.6 is 11.6 Å². The molecule has 106 valence electrons. The molecule has 2 heterocycles. The standard InChI is InChI=1S/C15H13ClN4O/c1-9-10(7-19-20-9)6-18-15(21)13-8-17-14(16)12-5-3-2-4-11(12)13/h2-5,7-8H,6H2,1H3,(H,18,21)(H,19,20). The van der Waals surface area contributed by atoms with Crippen LogP contribution in [0.3, 0.4) is 0 Å². The second-order valence-electron chi connectivity index (χ2n) is 4.71. The maximum Gasteiger partial charge on any atom is 0.253 e. The highest BCUT2D eigenvalue weighted by Crippen LogP contribution is 2.24. The van der Waals surface area contributed by atoms with Gasteiger partial charge in [0.1, 0.15) is 5.15 Å². The summed E-state index contributed by atoms with van der Waals surface area (Å²) in [6, 6.07) is 7.45. The molecule has 1 aromatic carbocycles. The number of benzene rings is 1. The molecule has 0 spiro atoms. The van der Waals surface area contributed by atoms with E-state index in [0.717, 1.165) is 22.0 Å². The third kappa shape index (κ3) is 2.60. The smallest absolute Gasteiger partial charge is 0.253 e. The molecule has 2 aromatic heterocycles. The van der Waals surface area contributed by atoms with Gasteiger partial charge < -0.3 is 5.32 Å². The Balaban J connectivity index is 1.88. The fraction of sp³-hybridized carbons (Fsp3) is 0.133. The lowest BCUT2D eigenvalue weighted by Crippen LogP contribution is -2.23. The Morgan fingerprint density at radius 1 is 1.29 bits per heavy atom. The van der Waals surface area contributed by atoms with Crippen LogP contribution in [0.1, 0.15) is 21.6 Å². The number of nitrogens with one attached hydrogen (secondary N) is 2. The van der Waals surface area contributed by atoms with E-state index >= 15 is 0 Å². The lowest BCUT2D eigenvalue weighted by Gasteiger charge is -2.08. The number of rotatable bonds is 3. The molecule has 0 saturated heterocycles. The molecule has 1 amide bonds. The third-order valence-corrected chi connectivity index (χ3v) is 3.67. The van der Waals surface area contributed by atoms with Crippen molar-refractivity contribution in [1.29, 1.82) is 0 Å². The molecular weight excluding hydrogens is 288 g/mol. The van der Waals surface area contributed by atoms with Crippen LogP contribution in [0.4, 0.5) is 0 Å². The molecule has 0 unspecified atom stereocenters. The summed E-state index contributed by atoms with van der Waals surface area (Å²) in [6.45, 7) is 2.33. The van der Waals surface area contributed by atoms with Crippen LogP contribution in [0.15, 0.2) is 36.7 Å². The molecule has 5 nitrogen and oxygen atoms in total. The minimum Gasteiger partial charge on any atom is -0.348 e. The van der Waals surface area contributed by atoms with Crippen LogP contribution in [-0.4, -0.2) is 21.1 Å². The van der Waals surface area contributed by atoms with Crippen molar-refractivity contribution in [3.63, 3.8) is 0 Å². The highest BCUT2D eigenvalue weighted by atomic mass is 35.5. The van der Waals surface area contributed by atoms with Gasteiger partial charge in [-0.2, -0.15) is 5.10 Å². The van der Waals surface area contributed by atoms with E-state index in [0.29, 0.717) is 17.3 Å². The van der Waals surface area contributed by atoms with Crippen LogP contribution in [0.25, 0.3) is 10.8 Å². The van der Waals surface area contributed by atoms with E-state index in [9.17, 15) is 4.79 Å². The summed E-state index contributed by atoms with van der Waals surface area (Å²) in [5.41, 5.74) is 2.40. The van der Waals surface area contributed by atoms with E-state index < -0.39 is 0 Å². The largest absolute Gasteiger partial charge is 0.348 e. The minimum atomic E-state index is -0.184. The van der Waals surface area contributed by atoms with Crippen molar-refractivity contribution in [2.75, 3.05) is 0 Å². The summed E-state index contributed by atoms with van der Waals surface area (Å²) in [5, 5.41) is 11.6. The van der Waals surface area contributed by atoms with E-state index in [2.05, 4.69) is 20.5 Å². The van der Waals surface area contributed by atoms with Crippen molar-refractivity contribution < 1.29 is 4.79 Å². The Kier molecular flexibility index (Phi) is 3.58. The summed E-state index contributed by atoms with van der Waals surface area (Å²) in [6.07, 6.45) is 3.20. The number of aryl methyl sites for hydroxylation is 1. The molecule has 3 aromatic rings. The number of nitrogens with zero attached hydrogens (tertiary/aromatic N) is 2. The van der Waals surface area contributed by atoms with E-state index in [-0.39, 0.29) is 5.91 Å². The first-order valence-corrected chi connectivity index (χ1v) is 6.85. The number of amides is 1. The molecule has 21 heavy (non-hydrogen) atoms. The van der Waals surface area contributed by atoms with Gasteiger partial charge in [0.2, 0.25) is 0 Å². The Labute approximate surface area is 126 Å². The lowest BCUT2D eigenvalue weighted by atomic mass is 10.1. The number of aromatic nitrogens is 3. The van der Waals surface area contributed by atoms with Gasteiger partial charge in [-0.1, -0.05) is 35.9 Å². The number of hydrogen-bond donors (Lipinski definition) is 2. The molecule has 0 radical (unpaired) electrons. The average Bonchev–Trinajstić information content (AvgIpc) is 2.91. The van der Waals surface area contributed by atoms with Crippen LogP contribution in [0.2, 0.25) is 5.15 Å². The monoisotopic (exact) mass is 300 g/mol. The van der Waals surface area contributed by atoms with Crippen molar-refractivity contribution in [2.45, 2.75) is 13.5 Å². The Morgan fingerprint density at radius 2 is 2.05 bits per heavy atom. The highest BCUT2D eigenvalue weighted by Gasteiger charge is 2.13. The molecule has 0 aliphatic rings. The molecule has 0 aliphatic carbocycles. The van der Waals surface area contributed by atoms with Crippen LogP contribution < -0.4 is 5.32 Å². The summed E-state index contributed by atoms with van der Waals surface area (Å²) in [5.74, 6) is -0.184. The van der Waals surface area contributed by atoms with Gasteiger partial charge in [0, 0.05) is 29.4 Å². The maximum atomic E-state index is 12.4. The van der Waals surface area contributed by atoms with Gasteiger partial charge in [-0.05, 0) is 12.3 Å². The normalized spacial score (nSPS) is 10.8. The first kappa shape index (κ1) is 13.6. The second kappa shape index (κ2) is 5.54. The van der Waals surface area contributed by atoms with Gasteiger partial charge in [0.05, 0.1) is 11.8 Å². The summed E-state index contributed by atoms with van der Waals surface area (Å²) < 4.78 is 0. The molecule has 3 rings (SSSR count). The average molecular weight is 301 g/mol. The number of carbonyl (C=O) groups is 1.